The first-order chi connectivity index (χ1) is 9.47. The third-order valence-corrected chi connectivity index (χ3v) is 4.87. The van der Waals surface area contributed by atoms with E-state index >= 15 is 0 Å². The van der Waals surface area contributed by atoms with Gasteiger partial charge in [-0.3, -0.25) is 0 Å². The van der Waals surface area contributed by atoms with Gasteiger partial charge in [0.1, 0.15) is 4.90 Å². The monoisotopic (exact) mass is 297 g/mol. The summed E-state index contributed by atoms with van der Waals surface area (Å²) in [7, 11) is -1.52. The molecule has 0 bridgehead atoms. The molecule has 0 atom stereocenters. The summed E-state index contributed by atoms with van der Waals surface area (Å²) in [4.78, 5) is 2.52. The minimum Gasteiger partial charge on any atom is -0.384 e. The van der Waals surface area contributed by atoms with Gasteiger partial charge >= 0.3 is 0 Å². The molecule has 5 nitrogen and oxygen atoms in total. The molecule has 1 aliphatic heterocycles. The Balaban J connectivity index is 1.89. The fourth-order valence-electron chi connectivity index (χ4n) is 2.62. The van der Waals surface area contributed by atoms with Gasteiger partial charge in [0, 0.05) is 6.54 Å². The van der Waals surface area contributed by atoms with Crippen LogP contribution in [0.5, 0.6) is 0 Å². The maximum Gasteiger partial charge on any atom is 0.240 e. The van der Waals surface area contributed by atoms with Crippen molar-refractivity contribution in [2.75, 3.05) is 32.0 Å². The van der Waals surface area contributed by atoms with Crippen LogP contribution in [-0.4, -0.2) is 40.0 Å². The number of hydrogen-bond donors (Lipinski definition) is 2. The van der Waals surface area contributed by atoms with Gasteiger partial charge in [-0.15, -0.1) is 0 Å². The molecule has 1 fully saturated rings. The summed E-state index contributed by atoms with van der Waals surface area (Å²) in [5, 5.41) is 8.42. The Bertz CT molecular complexity index is 537. The van der Waals surface area contributed by atoms with Crippen LogP contribution in [0.1, 0.15) is 19.3 Å². The van der Waals surface area contributed by atoms with Crippen molar-refractivity contribution in [2.24, 2.45) is 11.1 Å². The minimum atomic E-state index is -3.67. The molecule has 0 unspecified atom stereocenters. The Labute approximate surface area is 121 Å². The zero-order valence-electron chi connectivity index (χ0n) is 11.9. The van der Waals surface area contributed by atoms with Gasteiger partial charge in [-0.25, -0.2) is 13.6 Å². The lowest BCUT2D eigenvalue weighted by atomic mass is 9.94. The summed E-state index contributed by atoms with van der Waals surface area (Å²) in [6.45, 7) is 3.08. The van der Waals surface area contributed by atoms with Crippen LogP contribution in [0.25, 0.3) is 0 Å². The highest BCUT2D eigenvalue weighted by molar-refractivity contribution is 7.89. The quantitative estimate of drug-likeness (QED) is 0.863. The Morgan fingerprint density at radius 2 is 1.95 bits per heavy atom. The Morgan fingerprint density at radius 1 is 1.30 bits per heavy atom. The Morgan fingerprint density at radius 3 is 2.60 bits per heavy atom. The maximum absolute atomic E-state index is 11.5. The van der Waals surface area contributed by atoms with Crippen LogP contribution in [-0.2, 0) is 10.0 Å². The second kappa shape index (κ2) is 6.56. The van der Waals surface area contributed by atoms with E-state index in [4.69, 9.17) is 5.14 Å². The molecule has 0 radical (unpaired) electrons. The zero-order valence-corrected chi connectivity index (χ0v) is 12.7. The fraction of sp³-hybridized carbons (Fsp3) is 0.571. The van der Waals surface area contributed by atoms with E-state index in [9.17, 15) is 8.42 Å². The topological polar surface area (TPSA) is 75.4 Å². The van der Waals surface area contributed by atoms with Gasteiger partial charge < -0.3 is 10.2 Å². The zero-order chi connectivity index (χ0) is 14.6. The van der Waals surface area contributed by atoms with Gasteiger partial charge in [0.05, 0.1) is 5.69 Å². The molecule has 1 aromatic rings. The van der Waals surface area contributed by atoms with E-state index in [2.05, 4.69) is 17.3 Å². The molecule has 0 aromatic heterocycles. The lowest BCUT2D eigenvalue weighted by molar-refractivity contribution is 0.215. The van der Waals surface area contributed by atoms with Crippen molar-refractivity contribution < 1.29 is 8.42 Å². The SMILES string of the molecule is CN1CCC(CCNc2ccccc2S(N)(=O)=O)CC1. The number of likely N-dealkylation sites (tertiary alicyclic amines) is 1. The van der Waals surface area contributed by atoms with Crippen molar-refractivity contribution in [3.05, 3.63) is 24.3 Å². The van der Waals surface area contributed by atoms with Crippen LogP contribution in [0, 0.1) is 5.92 Å². The summed E-state index contributed by atoms with van der Waals surface area (Å²) < 4.78 is 23.0. The number of nitrogens with two attached hydrogens (primary N) is 1. The molecule has 1 saturated heterocycles. The highest BCUT2D eigenvalue weighted by Crippen LogP contribution is 2.22. The Hall–Kier alpha value is -1.11. The first-order valence-corrected chi connectivity index (χ1v) is 8.55. The van der Waals surface area contributed by atoms with E-state index < -0.39 is 10.0 Å². The molecule has 0 amide bonds. The van der Waals surface area contributed by atoms with E-state index in [-0.39, 0.29) is 4.90 Å². The lowest BCUT2D eigenvalue weighted by Gasteiger charge is -2.29. The normalized spacial score (nSPS) is 18.1. The number of hydrogen-bond acceptors (Lipinski definition) is 4. The summed E-state index contributed by atoms with van der Waals surface area (Å²) in [6, 6.07) is 6.79. The smallest absolute Gasteiger partial charge is 0.240 e. The molecule has 112 valence electrons. The number of piperidine rings is 1. The van der Waals surface area contributed by atoms with E-state index in [1.165, 1.54) is 18.9 Å². The molecule has 0 aliphatic carbocycles. The van der Waals surface area contributed by atoms with Crippen LogP contribution < -0.4 is 10.5 Å². The number of nitrogens with one attached hydrogen (secondary N) is 1. The number of benzene rings is 1. The second-order valence-electron chi connectivity index (χ2n) is 5.50. The van der Waals surface area contributed by atoms with Crippen molar-refractivity contribution in [2.45, 2.75) is 24.2 Å². The van der Waals surface area contributed by atoms with Gasteiger partial charge in [-0.2, -0.15) is 0 Å². The predicted octanol–water partition coefficient (Wildman–Crippen LogP) is 1.48. The molecule has 1 heterocycles. The van der Waals surface area contributed by atoms with Gasteiger partial charge in [0.15, 0.2) is 0 Å². The molecule has 2 rings (SSSR count). The Kier molecular flexibility index (Phi) is 5.01. The number of primary sulfonamides is 1. The number of anilines is 1. The predicted molar refractivity (Wildman–Crippen MR) is 81.1 cm³/mol. The van der Waals surface area contributed by atoms with Gasteiger partial charge in [-0.1, -0.05) is 12.1 Å². The highest BCUT2D eigenvalue weighted by Gasteiger charge is 2.17. The minimum absolute atomic E-state index is 0.170. The molecule has 6 heteroatoms. The van der Waals surface area contributed by atoms with Gasteiger partial charge in [-0.05, 0) is 57.5 Å². The molecule has 1 aromatic carbocycles. The maximum atomic E-state index is 11.5. The van der Waals surface area contributed by atoms with Crippen molar-refractivity contribution in [1.29, 1.82) is 0 Å². The first kappa shape index (κ1) is 15.3. The second-order valence-corrected chi connectivity index (χ2v) is 7.03. The van der Waals surface area contributed by atoms with Crippen LogP contribution in [0.2, 0.25) is 0 Å². The molecule has 20 heavy (non-hydrogen) atoms. The average Bonchev–Trinajstić information content (AvgIpc) is 2.40. The molecule has 3 N–H and O–H groups in total. The van der Waals surface area contributed by atoms with E-state index in [1.807, 2.05) is 6.07 Å². The number of nitrogens with zero attached hydrogens (tertiary/aromatic N) is 1. The molecule has 0 saturated carbocycles. The van der Waals surface area contributed by atoms with Gasteiger partial charge in [0.2, 0.25) is 10.0 Å². The van der Waals surface area contributed by atoms with Crippen molar-refractivity contribution >= 4 is 15.7 Å². The summed E-state index contributed by atoms with van der Waals surface area (Å²) in [5.41, 5.74) is 0.600. The van der Waals surface area contributed by atoms with E-state index in [1.54, 1.807) is 12.1 Å². The number of para-hydroxylation sites is 1. The van der Waals surface area contributed by atoms with Crippen LogP contribution in [0.4, 0.5) is 5.69 Å². The van der Waals surface area contributed by atoms with Crippen LogP contribution in [0.15, 0.2) is 29.2 Å². The molecule has 0 spiro atoms. The summed E-state index contributed by atoms with van der Waals surface area (Å²) >= 11 is 0. The molecular weight excluding hydrogens is 274 g/mol. The summed E-state index contributed by atoms with van der Waals surface area (Å²) in [5.74, 6) is 0.723. The van der Waals surface area contributed by atoms with Crippen molar-refractivity contribution in [3.8, 4) is 0 Å². The lowest BCUT2D eigenvalue weighted by Crippen LogP contribution is -2.30. The van der Waals surface area contributed by atoms with Crippen LogP contribution in [0.3, 0.4) is 0 Å². The average molecular weight is 297 g/mol. The fourth-order valence-corrected chi connectivity index (χ4v) is 3.34. The standard InChI is InChI=1S/C14H23N3O2S/c1-17-10-7-12(8-11-17)6-9-16-13-4-2-3-5-14(13)20(15,18)19/h2-5,12,16H,6-11H2,1H3,(H2,15,18,19). The van der Waals surface area contributed by atoms with Gasteiger partial charge in [0.25, 0.3) is 0 Å². The third-order valence-electron chi connectivity index (χ3n) is 3.90. The highest BCUT2D eigenvalue weighted by atomic mass is 32.2. The third kappa shape index (κ3) is 4.19. The summed E-state index contributed by atoms with van der Waals surface area (Å²) in [6.07, 6.45) is 3.50. The van der Waals surface area contributed by atoms with E-state index in [0.717, 1.165) is 32.0 Å². The number of rotatable bonds is 5. The van der Waals surface area contributed by atoms with Crippen molar-refractivity contribution in [3.63, 3.8) is 0 Å². The van der Waals surface area contributed by atoms with Crippen molar-refractivity contribution in [1.82, 2.24) is 4.90 Å². The first-order valence-electron chi connectivity index (χ1n) is 7.01. The number of sulfonamides is 1. The van der Waals surface area contributed by atoms with Crippen LogP contribution >= 0.6 is 0 Å². The van der Waals surface area contributed by atoms with E-state index in [0.29, 0.717) is 5.69 Å². The molecule has 1 aliphatic rings. The largest absolute Gasteiger partial charge is 0.384 e. The molecular formula is C14H23N3O2S.